The van der Waals surface area contributed by atoms with E-state index in [2.05, 4.69) is 34.3 Å². The van der Waals surface area contributed by atoms with Crippen LogP contribution in [0.3, 0.4) is 0 Å². The third-order valence-electron chi connectivity index (χ3n) is 2.32. The molecule has 1 aromatic heterocycles. The van der Waals surface area contributed by atoms with Crippen LogP contribution >= 0.6 is 0 Å². The maximum absolute atomic E-state index is 5.58. The molecule has 0 aliphatic carbocycles. The molecule has 0 amide bonds. The van der Waals surface area contributed by atoms with Crippen LogP contribution in [0.25, 0.3) is 0 Å². The summed E-state index contributed by atoms with van der Waals surface area (Å²) in [5.74, 6) is 1.02. The van der Waals surface area contributed by atoms with E-state index in [9.17, 15) is 0 Å². The van der Waals surface area contributed by atoms with E-state index in [0.29, 0.717) is 11.8 Å². The first-order chi connectivity index (χ1) is 7.75. The molecule has 0 spiro atoms. The maximum Gasteiger partial charge on any atom is 0.225 e. The Morgan fingerprint density at radius 3 is 2.62 bits per heavy atom. The van der Waals surface area contributed by atoms with Gasteiger partial charge in [0, 0.05) is 6.20 Å². The molecule has 0 aliphatic rings. The first kappa shape index (κ1) is 10.4. The highest BCUT2D eigenvalue weighted by Gasteiger charge is 2.05. The van der Waals surface area contributed by atoms with Crippen LogP contribution in [-0.2, 0) is 0 Å². The third kappa shape index (κ3) is 2.48. The molecule has 0 aliphatic heterocycles. The van der Waals surface area contributed by atoms with Gasteiger partial charge in [-0.1, -0.05) is 30.3 Å². The highest BCUT2D eigenvalue weighted by atomic mass is 15.1. The molecule has 0 fully saturated rings. The predicted molar refractivity (Wildman–Crippen MR) is 64.9 cm³/mol. The number of rotatable bonds is 3. The van der Waals surface area contributed by atoms with Crippen molar-refractivity contribution in [3.63, 3.8) is 0 Å². The molecule has 0 radical (unpaired) electrons. The van der Waals surface area contributed by atoms with Crippen molar-refractivity contribution >= 4 is 11.8 Å². The minimum Gasteiger partial charge on any atom is -0.384 e. The lowest BCUT2D eigenvalue weighted by Gasteiger charge is -2.13. The lowest BCUT2D eigenvalue weighted by atomic mass is 10.1. The summed E-state index contributed by atoms with van der Waals surface area (Å²) in [6.45, 7) is 2.06. The van der Waals surface area contributed by atoms with Crippen LogP contribution in [-0.4, -0.2) is 9.97 Å². The summed E-state index contributed by atoms with van der Waals surface area (Å²) in [6, 6.07) is 11.9. The van der Waals surface area contributed by atoms with Gasteiger partial charge >= 0.3 is 0 Å². The molecule has 2 aromatic rings. The summed E-state index contributed by atoms with van der Waals surface area (Å²) < 4.78 is 0. The zero-order valence-electron chi connectivity index (χ0n) is 9.09. The Morgan fingerprint density at radius 1 is 1.19 bits per heavy atom. The van der Waals surface area contributed by atoms with E-state index in [1.165, 1.54) is 5.56 Å². The number of hydrogen-bond acceptors (Lipinski definition) is 4. The van der Waals surface area contributed by atoms with Crippen molar-refractivity contribution in [2.24, 2.45) is 0 Å². The van der Waals surface area contributed by atoms with Crippen molar-refractivity contribution < 1.29 is 0 Å². The van der Waals surface area contributed by atoms with Crippen LogP contribution in [0.5, 0.6) is 0 Å². The average Bonchev–Trinajstić information content (AvgIpc) is 2.30. The second kappa shape index (κ2) is 4.61. The number of nitrogen functional groups attached to an aromatic ring is 1. The lowest BCUT2D eigenvalue weighted by molar-refractivity contribution is 0.861. The molecule has 16 heavy (non-hydrogen) atoms. The minimum absolute atomic E-state index is 0.156. The quantitative estimate of drug-likeness (QED) is 0.822. The van der Waals surface area contributed by atoms with Gasteiger partial charge in [-0.15, -0.1) is 0 Å². The maximum atomic E-state index is 5.58. The molecule has 4 heteroatoms. The molecular weight excluding hydrogens is 200 g/mol. The van der Waals surface area contributed by atoms with Gasteiger partial charge < -0.3 is 11.1 Å². The highest BCUT2D eigenvalue weighted by molar-refractivity contribution is 5.37. The van der Waals surface area contributed by atoms with Crippen LogP contribution in [0.15, 0.2) is 42.6 Å². The summed E-state index contributed by atoms with van der Waals surface area (Å²) in [7, 11) is 0. The van der Waals surface area contributed by atoms with Gasteiger partial charge in [0.15, 0.2) is 0 Å². The second-order valence-electron chi connectivity index (χ2n) is 3.58. The number of nitrogens with one attached hydrogen (secondary N) is 1. The summed E-state index contributed by atoms with van der Waals surface area (Å²) in [4.78, 5) is 8.20. The van der Waals surface area contributed by atoms with Gasteiger partial charge in [0.2, 0.25) is 5.95 Å². The Labute approximate surface area is 94.5 Å². The highest BCUT2D eigenvalue weighted by Crippen LogP contribution is 2.16. The molecule has 82 valence electrons. The van der Waals surface area contributed by atoms with Gasteiger partial charge in [-0.05, 0) is 18.6 Å². The Balaban J connectivity index is 2.11. The molecular formula is C12H14N4. The summed E-state index contributed by atoms with van der Waals surface area (Å²) in [6.07, 6.45) is 1.64. The topological polar surface area (TPSA) is 63.8 Å². The Morgan fingerprint density at radius 2 is 1.94 bits per heavy atom. The van der Waals surface area contributed by atoms with E-state index in [1.54, 1.807) is 12.3 Å². The van der Waals surface area contributed by atoms with E-state index < -0.39 is 0 Å². The fourth-order valence-corrected chi connectivity index (χ4v) is 1.46. The standard InChI is InChI=1S/C12H14N4/c1-9(10-5-3-2-4-6-10)15-12-14-8-7-11(13)16-12/h2-9H,1H3,(H3,13,14,15,16)/t9-/m1/s1. The number of nitrogens with two attached hydrogens (primary N) is 1. The van der Waals surface area contributed by atoms with Crippen molar-refractivity contribution in [3.8, 4) is 0 Å². The molecule has 1 heterocycles. The fraction of sp³-hybridized carbons (Fsp3) is 0.167. The Hall–Kier alpha value is -2.10. The monoisotopic (exact) mass is 214 g/mol. The number of nitrogens with zero attached hydrogens (tertiary/aromatic N) is 2. The lowest BCUT2D eigenvalue weighted by Crippen LogP contribution is -2.09. The first-order valence-corrected chi connectivity index (χ1v) is 5.16. The van der Waals surface area contributed by atoms with Gasteiger partial charge in [0.25, 0.3) is 0 Å². The fourth-order valence-electron chi connectivity index (χ4n) is 1.46. The summed E-state index contributed by atoms with van der Waals surface area (Å²) in [5, 5.41) is 3.20. The van der Waals surface area contributed by atoms with Gasteiger partial charge in [-0.2, -0.15) is 4.98 Å². The van der Waals surface area contributed by atoms with Crippen molar-refractivity contribution in [1.29, 1.82) is 0 Å². The molecule has 1 atom stereocenters. The van der Waals surface area contributed by atoms with E-state index in [1.807, 2.05) is 18.2 Å². The van der Waals surface area contributed by atoms with Crippen LogP contribution in [0.2, 0.25) is 0 Å². The van der Waals surface area contributed by atoms with Gasteiger partial charge in [0.05, 0.1) is 6.04 Å². The van der Waals surface area contributed by atoms with E-state index in [-0.39, 0.29) is 6.04 Å². The van der Waals surface area contributed by atoms with E-state index in [4.69, 9.17) is 5.73 Å². The van der Waals surface area contributed by atoms with Crippen molar-refractivity contribution in [3.05, 3.63) is 48.2 Å². The van der Waals surface area contributed by atoms with Gasteiger partial charge in [-0.3, -0.25) is 0 Å². The Kier molecular flexibility index (Phi) is 3.00. The zero-order chi connectivity index (χ0) is 11.4. The van der Waals surface area contributed by atoms with Crippen LogP contribution in [0.4, 0.5) is 11.8 Å². The van der Waals surface area contributed by atoms with E-state index >= 15 is 0 Å². The van der Waals surface area contributed by atoms with E-state index in [0.717, 1.165) is 0 Å². The first-order valence-electron chi connectivity index (χ1n) is 5.16. The molecule has 1 aromatic carbocycles. The van der Waals surface area contributed by atoms with Gasteiger partial charge in [0.1, 0.15) is 5.82 Å². The average molecular weight is 214 g/mol. The zero-order valence-corrected chi connectivity index (χ0v) is 9.09. The predicted octanol–water partition coefficient (Wildman–Crippen LogP) is 2.23. The SMILES string of the molecule is C[C@@H](Nc1nccc(N)n1)c1ccccc1. The number of benzene rings is 1. The Bertz CT molecular complexity index is 456. The second-order valence-corrected chi connectivity index (χ2v) is 3.58. The third-order valence-corrected chi connectivity index (χ3v) is 2.32. The molecule has 2 rings (SSSR count). The molecule has 0 bridgehead atoms. The van der Waals surface area contributed by atoms with Crippen LogP contribution < -0.4 is 11.1 Å². The van der Waals surface area contributed by atoms with Crippen molar-refractivity contribution in [2.45, 2.75) is 13.0 Å². The van der Waals surface area contributed by atoms with Gasteiger partial charge in [-0.25, -0.2) is 4.98 Å². The number of anilines is 2. The van der Waals surface area contributed by atoms with Crippen molar-refractivity contribution in [2.75, 3.05) is 11.1 Å². The molecule has 0 saturated heterocycles. The summed E-state index contributed by atoms with van der Waals surface area (Å²) >= 11 is 0. The minimum atomic E-state index is 0.156. The molecule has 4 nitrogen and oxygen atoms in total. The van der Waals surface area contributed by atoms with Crippen molar-refractivity contribution in [1.82, 2.24) is 9.97 Å². The largest absolute Gasteiger partial charge is 0.384 e. The number of aromatic nitrogens is 2. The number of hydrogen-bond donors (Lipinski definition) is 2. The molecule has 0 unspecified atom stereocenters. The molecule has 3 N–H and O–H groups in total. The summed E-state index contributed by atoms with van der Waals surface area (Å²) in [5.41, 5.74) is 6.77. The van der Waals surface area contributed by atoms with Crippen LogP contribution in [0, 0.1) is 0 Å². The smallest absolute Gasteiger partial charge is 0.225 e. The molecule has 0 saturated carbocycles. The normalized spacial score (nSPS) is 12.1. The van der Waals surface area contributed by atoms with Crippen LogP contribution in [0.1, 0.15) is 18.5 Å².